The van der Waals surface area contributed by atoms with Crippen LogP contribution < -0.4 is 0 Å². The lowest BCUT2D eigenvalue weighted by Crippen LogP contribution is -2.46. The molecule has 4 rings (SSSR count). The molecule has 3 aliphatic rings. The Hall–Kier alpha value is -1.95. The molecule has 206 valence electrons. The van der Waals surface area contributed by atoms with Crippen LogP contribution in [0.4, 0.5) is 0 Å². The minimum Gasteiger partial charge on any atom is -0.466 e. The third kappa shape index (κ3) is 6.21. The van der Waals surface area contributed by atoms with Crippen molar-refractivity contribution < 1.29 is 19.1 Å². The Morgan fingerprint density at radius 1 is 1.03 bits per heavy atom. The molecule has 0 amide bonds. The third-order valence-electron chi connectivity index (χ3n) is 9.07. The number of piperidine rings is 1. The number of nitrogens with zero attached hydrogens (tertiary/aromatic N) is 2. The van der Waals surface area contributed by atoms with Crippen LogP contribution in [0, 0.1) is 17.3 Å². The van der Waals surface area contributed by atoms with Gasteiger partial charge in [-0.3, -0.25) is 19.0 Å². The number of hydrogen-bond donors (Lipinski definition) is 0. The topological polar surface area (TPSA) is 68.6 Å². The van der Waals surface area contributed by atoms with Gasteiger partial charge in [-0.15, -0.1) is 0 Å². The second-order valence-electron chi connectivity index (χ2n) is 12.5. The zero-order valence-electron chi connectivity index (χ0n) is 23.7. The molecule has 0 spiro atoms. The van der Waals surface area contributed by atoms with Crippen molar-refractivity contribution in [1.82, 2.24) is 9.47 Å². The highest BCUT2D eigenvalue weighted by Gasteiger charge is 2.45. The maximum absolute atomic E-state index is 14.0. The molecule has 0 unspecified atom stereocenters. The van der Waals surface area contributed by atoms with Crippen molar-refractivity contribution in [2.45, 2.75) is 111 Å². The largest absolute Gasteiger partial charge is 0.466 e. The van der Waals surface area contributed by atoms with Gasteiger partial charge in [0.05, 0.1) is 6.61 Å². The molecule has 0 aromatic carbocycles. The fraction of sp³-hybridized carbons (Fsp3) is 0.774. The molecule has 1 aromatic rings. The molecule has 0 radical (unpaired) electrons. The van der Waals surface area contributed by atoms with Crippen LogP contribution in [0.25, 0.3) is 0 Å². The molecular formula is C31H48N2O4. The normalized spacial score (nSPS) is 21.5. The van der Waals surface area contributed by atoms with Crippen molar-refractivity contribution >= 4 is 17.7 Å². The minimum atomic E-state index is -0.671. The summed E-state index contributed by atoms with van der Waals surface area (Å²) in [4.78, 5) is 42.1. The maximum atomic E-state index is 14.0. The lowest BCUT2D eigenvalue weighted by molar-refractivity contribution is -0.144. The predicted molar refractivity (Wildman–Crippen MR) is 146 cm³/mol. The first-order chi connectivity index (χ1) is 17.7. The SMILES string of the molecule is CCCCCCCCCC(=O)OCCC(C)(C)C(=O)n1c2c(c3c1C[C@H]1CCN(C)C[C@@H]1C3=O)CCC2. The number of rotatable bonds is 12. The van der Waals surface area contributed by atoms with Gasteiger partial charge in [-0.2, -0.15) is 0 Å². The van der Waals surface area contributed by atoms with E-state index >= 15 is 0 Å². The number of carbonyl (C=O) groups excluding carboxylic acids is 3. The number of ether oxygens (including phenoxy) is 1. The van der Waals surface area contributed by atoms with Crippen LogP contribution in [0.2, 0.25) is 0 Å². The highest BCUT2D eigenvalue weighted by molar-refractivity contribution is 6.04. The summed E-state index contributed by atoms with van der Waals surface area (Å²) in [5, 5.41) is 0. The number of unbranched alkanes of at least 4 members (excludes halogenated alkanes) is 6. The van der Waals surface area contributed by atoms with E-state index in [1.807, 2.05) is 18.4 Å². The fourth-order valence-electron chi connectivity index (χ4n) is 6.69. The molecule has 0 bridgehead atoms. The van der Waals surface area contributed by atoms with E-state index in [2.05, 4.69) is 18.9 Å². The van der Waals surface area contributed by atoms with Crippen molar-refractivity contribution in [2.24, 2.45) is 17.3 Å². The van der Waals surface area contributed by atoms with Crippen molar-refractivity contribution in [3.05, 3.63) is 22.5 Å². The van der Waals surface area contributed by atoms with Crippen LogP contribution in [0.1, 0.15) is 124 Å². The number of aromatic nitrogens is 1. The molecule has 0 N–H and O–H groups in total. The van der Waals surface area contributed by atoms with Crippen LogP contribution >= 0.6 is 0 Å². The Kier molecular flexibility index (Phi) is 9.31. The molecule has 2 atom stereocenters. The van der Waals surface area contributed by atoms with E-state index in [1.54, 1.807) is 0 Å². The van der Waals surface area contributed by atoms with Crippen LogP contribution in [0.3, 0.4) is 0 Å². The van der Waals surface area contributed by atoms with E-state index < -0.39 is 5.41 Å². The lowest BCUT2D eigenvalue weighted by atomic mass is 9.72. The zero-order chi connectivity index (χ0) is 26.6. The first-order valence-corrected chi connectivity index (χ1v) is 14.9. The van der Waals surface area contributed by atoms with E-state index in [0.29, 0.717) is 18.8 Å². The lowest BCUT2D eigenvalue weighted by Gasteiger charge is -2.39. The number of esters is 1. The standard InChI is InChI=1S/C31H48N2O4/c1-5-6-7-8-9-10-11-15-27(34)37-19-17-31(2,3)30(36)33-25-14-12-13-23(25)28-26(33)20-22-16-18-32(4)21-24(22)29(28)35/h22,24H,5-21H2,1-4H3/t22-,24+/m1/s1. The van der Waals surface area contributed by atoms with Crippen molar-refractivity contribution in [1.29, 1.82) is 0 Å². The summed E-state index contributed by atoms with van der Waals surface area (Å²) in [6.07, 6.45) is 13.7. The summed E-state index contributed by atoms with van der Waals surface area (Å²) in [6.45, 7) is 8.22. The van der Waals surface area contributed by atoms with Gasteiger partial charge in [-0.25, -0.2) is 0 Å². The van der Waals surface area contributed by atoms with Gasteiger partial charge in [0.1, 0.15) is 0 Å². The summed E-state index contributed by atoms with van der Waals surface area (Å²) in [5.74, 6) is 0.544. The second-order valence-corrected chi connectivity index (χ2v) is 12.5. The van der Waals surface area contributed by atoms with Gasteiger partial charge < -0.3 is 9.64 Å². The Labute approximate surface area is 223 Å². The van der Waals surface area contributed by atoms with E-state index in [4.69, 9.17) is 4.74 Å². The van der Waals surface area contributed by atoms with Crippen LogP contribution in [-0.2, 0) is 28.8 Å². The summed E-state index contributed by atoms with van der Waals surface area (Å²) in [7, 11) is 2.10. The molecule has 0 saturated carbocycles. The first-order valence-electron chi connectivity index (χ1n) is 14.9. The number of likely N-dealkylation sites (tertiary alicyclic amines) is 1. The highest BCUT2D eigenvalue weighted by Crippen LogP contribution is 2.43. The fourth-order valence-corrected chi connectivity index (χ4v) is 6.69. The van der Waals surface area contributed by atoms with Crippen LogP contribution in [-0.4, -0.2) is 53.9 Å². The molecule has 6 nitrogen and oxygen atoms in total. The molecule has 1 aromatic heterocycles. The highest BCUT2D eigenvalue weighted by atomic mass is 16.5. The van der Waals surface area contributed by atoms with Crippen molar-refractivity contribution in [2.75, 3.05) is 26.7 Å². The van der Waals surface area contributed by atoms with E-state index in [0.717, 1.165) is 80.6 Å². The third-order valence-corrected chi connectivity index (χ3v) is 9.07. The molecule has 37 heavy (non-hydrogen) atoms. The number of hydrogen-bond acceptors (Lipinski definition) is 5. The van der Waals surface area contributed by atoms with Gasteiger partial charge in [0, 0.05) is 41.2 Å². The number of ketones is 1. The van der Waals surface area contributed by atoms with Gasteiger partial charge in [0.2, 0.25) is 5.91 Å². The summed E-state index contributed by atoms with van der Waals surface area (Å²) >= 11 is 0. The molecule has 1 saturated heterocycles. The Bertz CT molecular complexity index is 992. The van der Waals surface area contributed by atoms with E-state index in [-0.39, 0.29) is 30.2 Å². The van der Waals surface area contributed by atoms with Crippen LogP contribution in [0.5, 0.6) is 0 Å². The molecule has 1 fully saturated rings. The Balaban J connectivity index is 1.36. The number of fused-ring (bicyclic) bond motifs is 4. The van der Waals surface area contributed by atoms with Gasteiger partial charge in [0.15, 0.2) is 5.78 Å². The number of Topliss-reactive ketones (excluding diaryl/α,β-unsaturated/α-hetero) is 1. The molecule has 2 aliphatic carbocycles. The van der Waals surface area contributed by atoms with Crippen molar-refractivity contribution in [3.8, 4) is 0 Å². The average molecular weight is 513 g/mol. The maximum Gasteiger partial charge on any atom is 0.305 e. The van der Waals surface area contributed by atoms with E-state index in [1.165, 1.54) is 32.1 Å². The Morgan fingerprint density at radius 2 is 1.76 bits per heavy atom. The monoisotopic (exact) mass is 512 g/mol. The minimum absolute atomic E-state index is 0.0502. The quantitative estimate of drug-likeness (QED) is 0.253. The molecular weight excluding hydrogens is 464 g/mol. The zero-order valence-corrected chi connectivity index (χ0v) is 23.7. The molecule has 2 heterocycles. The summed E-state index contributed by atoms with van der Waals surface area (Å²) in [5.41, 5.74) is 3.37. The predicted octanol–water partition coefficient (Wildman–Crippen LogP) is 6.02. The van der Waals surface area contributed by atoms with Gasteiger partial charge in [-0.05, 0) is 70.0 Å². The Morgan fingerprint density at radius 3 is 2.51 bits per heavy atom. The van der Waals surface area contributed by atoms with Gasteiger partial charge in [-0.1, -0.05) is 59.3 Å². The van der Waals surface area contributed by atoms with Crippen molar-refractivity contribution in [3.63, 3.8) is 0 Å². The summed E-state index contributed by atoms with van der Waals surface area (Å²) in [6, 6.07) is 0. The van der Waals surface area contributed by atoms with Gasteiger partial charge >= 0.3 is 5.97 Å². The first kappa shape index (κ1) is 28.1. The van der Waals surface area contributed by atoms with Crippen LogP contribution in [0.15, 0.2) is 0 Å². The average Bonchev–Trinajstić information content (AvgIpc) is 3.44. The van der Waals surface area contributed by atoms with Gasteiger partial charge in [0.25, 0.3) is 0 Å². The van der Waals surface area contributed by atoms with E-state index in [9.17, 15) is 14.4 Å². The summed E-state index contributed by atoms with van der Waals surface area (Å²) < 4.78 is 7.47. The number of carbonyl (C=O) groups is 3. The second kappa shape index (κ2) is 12.3. The molecule has 1 aliphatic heterocycles. The molecule has 6 heteroatoms. The smallest absolute Gasteiger partial charge is 0.305 e.